The Kier molecular flexibility index (Phi) is 3.05. The molecule has 0 atom stereocenters. The van der Waals surface area contributed by atoms with Gasteiger partial charge in [0, 0.05) is 18.0 Å². The Hall–Kier alpha value is -2.56. The Labute approximate surface area is 122 Å². The van der Waals surface area contributed by atoms with Crippen LogP contribution in [0.4, 0.5) is 0 Å². The smallest absolute Gasteiger partial charge is 0.297 e. The van der Waals surface area contributed by atoms with Gasteiger partial charge in [-0.15, -0.1) is 0 Å². The van der Waals surface area contributed by atoms with Crippen LogP contribution in [-0.2, 0) is 0 Å². The van der Waals surface area contributed by atoms with Crippen LogP contribution in [0.5, 0.6) is 11.5 Å². The van der Waals surface area contributed by atoms with Gasteiger partial charge in [-0.3, -0.25) is 14.3 Å². The number of pyridine rings is 2. The van der Waals surface area contributed by atoms with Crippen LogP contribution in [0.15, 0.2) is 47.7 Å². The number of aromatic nitrogens is 2. The summed E-state index contributed by atoms with van der Waals surface area (Å²) in [5, 5.41) is 0. The fourth-order valence-corrected chi connectivity index (χ4v) is 2.41. The minimum Gasteiger partial charge on any atom is -0.491 e. The minimum absolute atomic E-state index is 0.202. The monoisotopic (exact) mass is 284 g/mol. The molecule has 0 aliphatic carbocycles. The number of fused-ring (bicyclic) bond motifs is 1. The summed E-state index contributed by atoms with van der Waals surface area (Å²) in [6.07, 6.45) is 6.99. The van der Waals surface area contributed by atoms with E-state index in [0.717, 1.165) is 11.3 Å². The van der Waals surface area contributed by atoms with E-state index in [1.807, 2.05) is 26.0 Å². The van der Waals surface area contributed by atoms with E-state index in [-0.39, 0.29) is 5.56 Å². The van der Waals surface area contributed by atoms with Crippen LogP contribution in [0, 0.1) is 0 Å². The Balaban J connectivity index is 2.26. The maximum absolute atomic E-state index is 12.5. The summed E-state index contributed by atoms with van der Waals surface area (Å²) in [6.45, 7) is 3.88. The first-order chi connectivity index (χ1) is 10.0. The van der Waals surface area contributed by atoms with Gasteiger partial charge >= 0.3 is 0 Å². The zero-order chi connectivity index (χ0) is 15.0. The summed E-state index contributed by atoms with van der Waals surface area (Å²) in [7, 11) is 1.49. The van der Waals surface area contributed by atoms with Crippen LogP contribution < -0.4 is 15.0 Å². The second-order valence-corrected chi connectivity index (χ2v) is 5.36. The molecule has 0 aromatic carbocycles. The molecule has 3 rings (SSSR count). The van der Waals surface area contributed by atoms with E-state index in [9.17, 15) is 4.79 Å². The van der Waals surface area contributed by atoms with Gasteiger partial charge in [0.25, 0.3) is 5.56 Å². The van der Waals surface area contributed by atoms with Gasteiger partial charge in [0.05, 0.1) is 19.0 Å². The molecular formula is C16H16N2O3. The van der Waals surface area contributed by atoms with Crippen LogP contribution in [-0.4, -0.2) is 22.3 Å². The van der Waals surface area contributed by atoms with E-state index in [1.54, 1.807) is 35.3 Å². The summed E-state index contributed by atoms with van der Waals surface area (Å²) < 4.78 is 12.6. The maximum Gasteiger partial charge on any atom is 0.297 e. The number of ether oxygens (including phenoxy) is 2. The second-order valence-electron chi connectivity index (χ2n) is 5.36. The van der Waals surface area contributed by atoms with Crippen molar-refractivity contribution in [2.45, 2.75) is 19.4 Å². The van der Waals surface area contributed by atoms with E-state index in [4.69, 9.17) is 9.47 Å². The van der Waals surface area contributed by atoms with E-state index < -0.39 is 5.60 Å². The van der Waals surface area contributed by atoms with Crippen molar-refractivity contribution in [3.63, 3.8) is 0 Å². The lowest BCUT2D eigenvalue weighted by Crippen LogP contribution is -2.32. The Morgan fingerprint density at radius 2 is 2.14 bits per heavy atom. The van der Waals surface area contributed by atoms with Crippen LogP contribution in [0.2, 0.25) is 0 Å². The largest absolute Gasteiger partial charge is 0.491 e. The lowest BCUT2D eigenvalue weighted by molar-refractivity contribution is 0.156. The molecule has 0 spiro atoms. The van der Waals surface area contributed by atoms with E-state index in [2.05, 4.69) is 4.98 Å². The first kappa shape index (κ1) is 13.4. The van der Waals surface area contributed by atoms with Gasteiger partial charge < -0.3 is 9.47 Å². The molecule has 3 heterocycles. The van der Waals surface area contributed by atoms with Gasteiger partial charge in [0.15, 0.2) is 5.75 Å². The molecule has 1 aliphatic heterocycles. The molecule has 2 aromatic rings. The third-order valence-electron chi connectivity index (χ3n) is 3.31. The average molecular weight is 284 g/mol. The average Bonchev–Trinajstić information content (AvgIpc) is 2.46. The van der Waals surface area contributed by atoms with Crippen molar-refractivity contribution in [2.24, 2.45) is 0 Å². The van der Waals surface area contributed by atoms with Crippen molar-refractivity contribution in [2.75, 3.05) is 7.11 Å². The van der Waals surface area contributed by atoms with E-state index >= 15 is 0 Å². The normalized spacial score (nSPS) is 15.7. The molecule has 0 fully saturated rings. The second kappa shape index (κ2) is 4.77. The van der Waals surface area contributed by atoms with Crippen molar-refractivity contribution in [1.82, 2.24) is 9.55 Å². The Bertz CT molecular complexity index is 775. The molecule has 5 nitrogen and oxygen atoms in total. The van der Waals surface area contributed by atoms with Gasteiger partial charge in [-0.2, -0.15) is 0 Å². The van der Waals surface area contributed by atoms with Gasteiger partial charge in [-0.1, -0.05) is 0 Å². The van der Waals surface area contributed by atoms with Crippen molar-refractivity contribution in [3.8, 4) is 11.5 Å². The predicted octanol–water partition coefficient (Wildman–Crippen LogP) is 2.31. The molecule has 21 heavy (non-hydrogen) atoms. The van der Waals surface area contributed by atoms with E-state index in [1.165, 1.54) is 7.11 Å². The summed E-state index contributed by atoms with van der Waals surface area (Å²) in [5.41, 5.74) is 0.882. The molecule has 108 valence electrons. The molecule has 0 unspecified atom stereocenters. The summed E-state index contributed by atoms with van der Waals surface area (Å²) in [5.74, 6) is 0.966. The molecule has 0 radical (unpaired) electrons. The van der Waals surface area contributed by atoms with E-state index in [0.29, 0.717) is 11.5 Å². The lowest BCUT2D eigenvalue weighted by Gasteiger charge is -2.31. The Morgan fingerprint density at radius 3 is 2.90 bits per heavy atom. The van der Waals surface area contributed by atoms with Gasteiger partial charge in [0.2, 0.25) is 0 Å². The highest BCUT2D eigenvalue weighted by Gasteiger charge is 2.28. The van der Waals surface area contributed by atoms with Crippen molar-refractivity contribution in [1.29, 1.82) is 0 Å². The number of methoxy groups -OCH3 is 1. The minimum atomic E-state index is -0.520. The van der Waals surface area contributed by atoms with Gasteiger partial charge in [-0.05, 0) is 38.1 Å². The number of hydrogen-bond acceptors (Lipinski definition) is 4. The predicted molar refractivity (Wildman–Crippen MR) is 79.6 cm³/mol. The highest BCUT2D eigenvalue weighted by atomic mass is 16.5. The first-order valence-corrected chi connectivity index (χ1v) is 6.64. The van der Waals surface area contributed by atoms with Crippen LogP contribution in [0.1, 0.15) is 19.4 Å². The third kappa shape index (κ3) is 2.31. The third-order valence-corrected chi connectivity index (χ3v) is 3.31. The fourth-order valence-electron chi connectivity index (χ4n) is 2.41. The number of nitrogens with zero attached hydrogens (tertiary/aromatic N) is 2. The zero-order valence-electron chi connectivity index (χ0n) is 12.2. The highest BCUT2D eigenvalue weighted by Crippen LogP contribution is 2.35. The highest BCUT2D eigenvalue weighted by molar-refractivity contribution is 5.73. The molecule has 2 aromatic heterocycles. The van der Waals surface area contributed by atoms with Crippen LogP contribution >= 0.6 is 0 Å². The molecule has 0 bridgehead atoms. The first-order valence-electron chi connectivity index (χ1n) is 6.64. The summed E-state index contributed by atoms with van der Waals surface area (Å²) >= 11 is 0. The molecular weight excluding hydrogens is 268 g/mol. The summed E-state index contributed by atoms with van der Waals surface area (Å²) in [4.78, 5) is 16.5. The van der Waals surface area contributed by atoms with Gasteiger partial charge in [0.1, 0.15) is 11.4 Å². The fraction of sp³-hybridized carbons (Fsp3) is 0.250. The zero-order valence-corrected chi connectivity index (χ0v) is 12.2. The molecule has 5 heteroatoms. The van der Waals surface area contributed by atoms with Gasteiger partial charge in [-0.25, -0.2) is 0 Å². The molecule has 0 saturated heterocycles. The molecule has 0 saturated carbocycles. The van der Waals surface area contributed by atoms with Crippen LogP contribution in [0.25, 0.3) is 5.70 Å². The Morgan fingerprint density at radius 1 is 1.33 bits per heavy atom. The van der Waals surface area contributed by atoms with Crippen LogP contribution in [0.3, 0.4) is 0 Å². The van der Waals surface area contributed by atoms with Crippen molar-refractivity contribution in [3.05, 3.63) is 58.8 Å². The van der Waals surface area contributed by atoms with Crippen molar-refractivity contribution >= 4 is 5.70 Å². The SMILES string of the molecule is COc1cccn(C2=CC(C)(C)Oc3cnccc32)c1=O. The molecule has 1 aliphatic rings. The number of rotatable bonds is 2. The topological polar surface area (TPSA) is 53.4 Å². The lowest BCUT2D eigenvalue weighted by atomic mass is 10.00. The molecule has 0 N–H and O–H groups in total. The van der Waals surface area contributed by atoms with Crippen molar-refractivity contribution < 1.29 is 9.47 Å². The maximum atomic E-state index is 12.5. The molecule has 0 amide bonds. The number of hydrogen-bond donors (Lipinski definition) is 0. The standard InChI is InChI=1S/C16H16N2O3/c1-16(2)9-12(11-6-7-17-10-14(11)21-16)18-8-4-5-13(20-3)15(18)19/h4-10H,1-3H3. The summed E-state index contributed by atoms with van der Waals surface area (Å²) in [6, 6.07) is 5.27. The quantitative estimate of drug-likeness (QED) is 0.849.